The molecule has 0 aliphatic carbocycles. The molecule has 6 aromatic rings. The minimum atomic E-state index is 1.00. The fourth-order valence-corrected chi connectivity index (χ4v) is 6.63. The van der Waals surface area contributed by atoms with Crippen molar-refractivity contribution in [2.75, 3.05) is 0 Å². The zero-order valence-electron chi connectivity index (χ0n) is 26.5. The number of aryl methyl sites for hydroxylation is 8. The average molecular weight is 589 g/mol. The van der Waals surface area contributed by atoms with E-state index in [1.165, 1.54) is 45.0 Å². The molecule has 8 nitrogen and oxygen atoms in total. The van der Waals surface area contributed by atoms with Crippen LogP contribution in [0.15, 0.2) is 99.1 Å². The van der Waals surface area contributed by atoms with Gasteiger partial charge in [-0.25, -0.2) is 36.5 Å². The summed E-state index contributed by atoms with van der Waals surface area (Å²) in [5, 5.41) is 0. The monoisotopic (exact) mass is 588 g/mol. The lowest BCUT2D eigenvalue weighted by Crippen LogP contribution is -2.34. The summed E-state index contributed by atoms with van der Waals surface area (Å²) >= 11 is 0. The number of rotatable bonds is 0. The van der Waals surface area contributed by atoms with Gasteiger partial charge in [0.2, 0.25) is 25.3 Å². The number of aromatic nitrogens is 8. The predicted octanol–water partition coefficient (Wildman–Crippen LogP) is 4.51. The van der Waals surface area contributed by atoms with Crippen LogP contribution in [0.2, 0.25) is 0 Å². The third kappa shape index (κ3) is 5.64. The molecule has 5 heterocycles. The molecule has 1 aliphatic rings. The first-order valence-corrected chi connectivity index (χ1v) is 15.9. The second kappa shape index (κ2) is 11.8. The molecule has 0 fully saturated rings. The highest BCUT2D eigenvalue weighted by molar-refractivity contribution is 5.54. The minimum Gasteiger partial charge on any atom is -0.236 e. The largest absolute Gasteiger partial charge is 0.248 e. The van der Waals surface area contributed by atoms with Crippen LogP contribution in [0.4, 0.5) is 0 Å². The van der Waals surface area contributed by atoms with Crippen molar-refractivity contribution in [1.29, 1.82) is 0 Å². The van der Waals surface area contributed by atoms with Crippen molar-refractivity contribution in [3.05, 3.63) is 121 Å². The Morgan fingerprint density at radius 1 is 0.386 bits per heavy atom. The molecule has 0 amide bonds. The van der Waals surface area contributed by atoms with Crippen LogP contribution in [0.25, 0.3) is 22.7 Å². The minimum absolute atomic E-state index is 1.00. The number of hydrogen-bond donors (Lipinski definition) is 0. The van der Waals surface area contributed by atoms with E-state index in [2.05, 4.69) is 163 Å². The highest BCUT2D eigenvalue weighted by atomic mass is 15.1. The molecule has 0 N–H and O–H groups in total. The van der Waals surface area contributed by atoms with Gasteiger partial charge in [0.25, 0.3) is 0 Å². The smallest absolute Gasteiger partial charge is 0.236 e. The number of fused-ring (bicyclic) bond motifs is 16. The van der Waals surface area contributed by atoms with Gasteiger partial charge in [-0.05, 0) is 87.8 Å². The highest BCUT2D eigenvalue weighted by Crippen LogP contribution is 2.24. The molecular formula is C36H44N8+4. The Balaban J connectivity index is 1.19. The van der Waals surface area contributed by atoms with Gasteiger partial charge in [0, 0.05) is 12.1 Å². The zero-order chi connectivity index (χ0) is 30.2. The highest BCUT2D eigenvalue weighted by Gasteiger charge is 2.19. The molecule has 0 saturated heterocycles. The molecule has 8 heteroatoms. The number of hydrogen-bond acceptors (Lipinski definition) is 0. The standard InChI is InChI=1S/C36H44N8/c1-29-21-30(2)34-23-33(29)41-17-13-37(25-41)9-5-6-11-39-15-19-43(27-39)35-24-36(32(4)22-31(35)3)44-20-16-40(28-44)12-8-7-10-38-14-18-42(34)26-38/h13-28H,5-12H2,1-4H3/q+4. The molecule has 0 radical (unpaired) electrons. The first-order valence-electron chi connectivity index (χ1n) is 15.9. The Bertz CT molecular complexity index is 1660. The van der Waals surface area contributed by atoms with Gasteiger partial charge >= 0.3 is 0 Å². The average Bonchev–Trinajstić information content (AvgIpc) is 3.82. The molecule has 0 spiro atoms. The van der Waals surface area contributed by atoms with Crippen LogP contribution < -0.4 is 18.3 Å². The second-order valence-electron chi connectivity index (χ2n) is 12.5. The van der Waals surface area contributed by atoms with Gasteiger partial charge in [0.05, 0.1) is 26.2 Å². The van der Waals surface area contributed by atoms with E-state index in [4.69, 9.17) is 0 Å². The summed E-state index contributed by atoms with van der Waals surface area (Å²) in [7, 11) is 0. The Hall–Kier alpha value is -4.72. The summed E-state index contributed by atoms with van der Waals surface area (Å²) < 4.78 is 18.3. The van der Waals surface area contributed by atoms with E-state index in [-0.39, 0.29) is 0 Å². The Kier molecular flexibility index (Phi) is 7.50. The number of benzene rings is 2. The third-order valence-corrected chi connectivity index (χ3v) is 9.07. The Morgan fingerprint density at radius 3 is 0.886 bits per heavy atom. The van der Waals surface area contributed by atoms with E-state index in [0.29, 0.717) is 0 Å². The fraction of sp³-hybridized carbons (Fsp3) is 0.333. The van der Waals surface area contributed by atoms with Gasteiger partial charge in [0.1, 0.15) is 72.3 Å². The fourth-order valence-electron chi connectivity index (χ4n) is 6.63. The van der Waals surface area contributed by atoms with Crippen molar-refractivity contribution in [3.63, 3.8) is 0 Å². The molecule has 0 unspecified atom stereocenters. The van der Waals surface area contributed by atoms with E-state index in [1.54, 1.807) is 0 Å². The quantitative estimate of drug-likeness (QED) is 0.234. The van der Waals surface area contributed by atoms with E-state index >= 15 is 0 Å². The molecule has 44 heavy (non-hydrogen) atoms. The first-order chi connectivity index (χ1) is 21.4. The summed E-state index contributed by atoms with van der Waals surface area (Å²) in [6, 6.07) is 9.26. The zero-order valence-corrected chi connectivity index (χ0v) is 26.5. The number of imidazole rings is 4. The van der Waals surface area contributed by atoms with E-state index in [1.807, 2.05) is 0 Å². The SMILES string of the molecule is Cc1cc(C)c2cc1-n1cc[n+](c1)CCCC[n+]1ccn(c1)-c1cc(c(C)cc1C)-n1cc[n+](c1)CCCC[n+]1ccn-2c1. The third-order valence-electron chi connectivity index (χ3n) is 9.07. The Morgan fingerprint density at radius 2 is 0.636 bits per heavy atom. The van der Waals surface area contributed by atoms with E-state index < -0.39 is 0 Å². The molecule has 224 valence electrons. The van der Waals surface area contributed by atoms with Gasteiger partial charge in [-0.2, -0.15) is 0 Å². The molecule has 1 aliphatic heterocycles. The molecule has 12 bridgehead atoms. The van der Waals surface area contributed by atoms with Gasteiger partial charge in [0.15, 0.2) is 0 Å². The van der Waals surface area contributed by atoms with Crippen molar-refractivity contribution < 1.29 is 18.3 Å². The van der Waals surface area contributed by atoms with Crippen LogP contribution in [0.1, 0.15) is 47.9 Å². The van der Waals surface area contributed by atoms with E-state index in [0.717, 1.165) is 51.9 Å². The van der Waals surface area contributed by atoms with Crippen LogP contribution >= 0.6 is 0 Å². The molecule has 7 rings (SSSR count). The van der Waals surface area contributed by atoms with Crippen molar-refractivity contribution in [3.8, 4) is 22.7 Å². The predicted molar refractivity (Wildman–Crippen MR) is 168 cm³/mol. The van der Waals surface area contributed by atoms with Crippen molar-refractivity contribution >= 4 is 0 Å². The van der Waals surface area contributed by atoms with Crippen molar-refractivity contribution in [2.45, 2.75) is 79.6 Å². The molecule has 4 aromatic heterocycles. The van der Waals surface area contributed by atoms with Gasteiger partial charge < -0.3 is 0 Å². The van der Waals surface area contributed by atoms with Crippen LogP contribution in [0.3, 0.4) is 0 Å². The molecule has 0 atom stereocenters. The topological polar surface area (TPSA) is 35.2 Å². The van der Waals surface area contributed by atoms with Gasteiger partial charge in [-0.3, -0.25) is 0 Å². The van der Waals surface area contributed by atoms with Gasteiger partial charge in [-0.1, -0.05) is 0 Å². The first kappa shape index (κ1) is 28.1. The summed E-state index contributed by atoms with van der Waals surface area (Å²) in [5.74, 6) is 0. The van der Waals surface area contributed by atoms with Crippen molar-refractivity contribution in [1.82, 2.24) is 18.3 Å². The molecule has 0 saturated carbocycles. The molecular weight excluding hydrogens is 544 g/mol. The van der Waals surface area contributed by atoms with Crippen LogP contribution in [0, 0.1) is 27.7 Å². The summed E-state index contributed by atoms with van der Waals surface area (Å²) in [6.07, 6.45) is 30.9. The lowest BCUT2D eigenvalue weighted by atomic mass is 10.1. The summed E-state index contributed by atoms with van der Waals surface area (Å²) in [4.78, 5) is 0. The molecule has 2 aromatic carbocycles. The lowest BCUT2D eigenvalue weighted by molar-refractivity contribution is -0.707. The van der Waals surface area contributed by atoms with E-state index in [9.17, 15) is 0 Å². The van der Waals surface area contributed by atoms with Crippen LogP contribution in [-0.4, -0.2) is 18.3 Å². The van der Waals surface area contributed by atoms with Crippen molar-refractivity contribution in [2.24, 2.45) is 0 Å². The van der Waals surface area contributed by atoms with Crippen LogP contribution in [0.5, 0.6) is 0 Å². The maximum absolute atomic E-state index is 2.32. The van der Waals surface area contributed by atoms with Crippen LogP contribution in [-0.2, 0) is 26.2 Å². The summed E-state index contributed by atoms with van der Waals surface area (Å²) in [5.41, 5.74) is 10.0. The summed E-state index contributed by atoms with van der Waals surface area (Å²) in [6.45, 7) is 12.8. The number of nitrogens with zero attached hydrogens (tertiary/aromatic N) is 8. The van der Waals surface area contributed by atoms with Gasteiger partial charge in [-0.15, -0.1) is 0 Å². The Labute approximate surface area is 259 Å². The normalized spacial score (nSPS) is 14.1. The second-order valence-corrected chi connectivity index (χ2v) is 12.5. The maximum Gasteiger partial charge on any atom is 0.248 e. The maximum atomic E-state index is 2.32. The lowest BCUT2D eigenvalue weighted by Gasteiger charge is -2.07.